The summed E-state index contributed by atoms with van der Waals surface area (Å²) in [5.41, 5.74) is 5.12. The normalized spacial score (nSPS) is 27.4. The summed E-state index contributed by atoms with van der Waals surface area (Å²) in [6.07, 6.45) is 21.1. The van der Waals surface area contributed by atoms with Gasteiger partial charge in [0.15, 0.2) is 0 Å². The molecular weight excluding hydrogens is 260 g/mol. The molecule has 0 spiro atoms. The Hall–Kier alpha value is -1.90. The lowest BCUT2D eigenvalue weighted by Crippen LogP contribution is -2.19. The topological polar surface area (TPSA) is 41.5 Å². The van der Waals surface area contributed by atoms with Crippen molar-refractivity contribution in [1.29, 1.82) is 0 Å². The van der Waals surface area contributed by atoms with Gasteiger partial charge >= 0.3 is 0 Å². The molecule has 0 bridgehead atoms. The average molecular weight is 282 g/mol. The van der Waals surface area contributed by atoms with Gasteiger partial charge in [0, 0.05) is 12.3 Å². The lowest BCUT2D eigenvalue weighted by molar-refractivity contribution is -0.120. The number of hydrogen-bond donors (Lipinski definition) is 1. The highest BCUT2D eigenvalue weighted by Gasteiger charge is 2.25. The van der Waals surface area contributed by atoms with Crippen molar-refractivity contribution in [2.24, 2.45) is 16.9 Å². The zero-order valence-corrected chi connectivity index (χ0v) is 12.3. The van der Waals surface area contributed by atoms with E-state index in [4.69, 9.17) is 0 Å². The minimum absolute atomic E-state index is 0.00590. The Morgan fingerprint density at radius 3 is 3.05 bits per heavy atom. The van der Waals surface area contributed by atoms with E-state index in [0.717, 1.165) is 19.3 Å². The largest absolute Gasteiger partial charge is 0.273 e. The average Bonchev–Trinajstić information content (AvgIpc) is 2.92. The summed E-state index contributed by atoms with van der Waals surface area (Å²) >= 11 is 0. The fourth-order valence-electron chi connectivity index (χ4n) is 3.27. The van der Waals surface area contributed by atoms with Crippen molar-refractivity contribution < 1.29 is 4.79 Å². The monoisotopic (exact) mass is 282 g/mol. The number of allylic oxidation sites excluding steroid dienone is 7. The molecule has 0 radical (unpaired) electrons. The van der Waals surface area contributed by atoms with Crippen LogP contribution in [0.1, 0.15) is 38.5 Å². The summed E-state index contributed by atoms with van der Waals surface area (Å²) in [7, 11) is 0. The first-order chi connectivity index (χ1) is 10.3. The third-order valence-corrected chi connectivity index (χ3v) is 4.44. The van der Waals surface area contributed by atoms with Crippen LogP contribution in [0.25, 0.3) is 0 Å². The number of nitrogens with one attached hydrogen (secondary N) is 1. The van der Waals surface area contributed by atoms with E-state index in [1.54, 1.807) is 6.21 Å². The summed E-state index contributed by atoms with van der Waals surface area (Å²) in [5, 5.41) is 4.13. The molecule has 21 heavy (non-hydrogen) atoms. The Bertz CT molecular complexity index is 552. The van der Waals surface area contributed by atoms with Crippen LogP contribution < -0.4 is 5.43 Å². The number of carbonyl (C=O) groups excluding carboxylic acids is 1. The van der Waals surface area contributed by atoms with Crippen LogP contribution in [0.5, 0.6) is 0 Å². The molecule has 0 heterocycles. The molecular formula is C18H22N2O. The fourth-order valence-corrected chi connectivity index (χ4v) is 3.27. The van der Waals surface area contributed by atoms with Crippen molar-refractivity contribution in [1.82, 2.24) is 5.43 Å². The maximum absolute atomic E-state index is 11.9. The number of nitrogens with zero attached hydrogens (tertiary/aromatic N) is 1. The molecule has 0 fully saturated rings. The van der Waals surface area contributed by atoms with Crippen LogP contribution in [-0.2, 0) is 4.79 Å². The van der Waals surface area contributed by atoms with Crippen LogP contribution in [-0.4, -0.2) is 12.1 Å². The number of rotatable bonds is 4. The Balaban J connectivity index is 1.48. The highest BCUT2D eigenvalue weighted by Crippen LogP contribution is 2.34. The van der Waals surface area contributed by atoms with E-state index in [2.05, 4.69) is 47.0 Å². The quantitative estimate of drug-likeness (QED) is 0.477. The van der Waals surface area contributed by atoms with Gasteiger partial charge < -0.3 is 0 Å². The number of hydrazone groups is 1. The molecule has 0 saturated carbocycles. The third-order valence-electron chi connectivity index (χ3n) is 4.44. The summed E-state index contributed by atoms with van der Waals surface area (Å²) in [6, 6.07) is 0. The van der Waals surface area contributed by atoms with Crippen LogP contribution in [0, 0.1) is 11.8 Å². The molecule has 3 heteroatoms. The van der Waals surface area contributed by atoms with Gasteiger partial charge in [-0.15, -0.1) is 0 Å². The van der Waals surface area contributed by atoms with E-state index in [0.29, 0.717) is 18.3 Å². The van der Waals surface area contributed by atoms with Gasteiger partial charge in [0.05, 0.1) is 6.21 Å². The Kier molecular flexibility index (Phi) is 4.49. The lowest BCUT2D eigenvalue weighted by atomic mass is 9.88. The van der Waals surface area contributed by atoms with Crippen molar-refractivity contribution in [3.05, 3.63) is 47.6 Å². The number of hydrogen-bond acceptors (Lipinski definition) is 2. The van der Waals surface area contributed by atoms with Crippen LogP contribution in [0.15, 0.2) is 52.7 Å². The molecule has 110 valence electrons. The van der Waals surface area contributed by atoms with Gasteiger partial charge in [-0.25, -0.2) is 5.43 Å². The Morgan fingerprint density at radius 2 is 2.19 bits per heavy atom. The van der Waals surface area contributed by atoms with E-state index >= 15 is 0 Å². The lowest BCUT2D eigenvalue weighted by Gasteiger charge is -2.16. The molecule has 3 rings (SSSR count). The van der Waals surface area contributed by atoms with E-state index in [-0.39, 0.29) is 5.91 Å². The molecule has 0 saturated heterocycles. The van der Waals surface area contributed by atoms with Crippen LogP contribution >= 0.6 is 0 Å². The van der Waals surface area contributed by atoms with Gasteiger partial charge in [0.1, 0.15) is 0 Å². The minimum atomic E-state index is -0.00590. The summed E-state index contributed by atoms with van der Waals surface area (Å²) in [5.74, 6) is 0.991. The van der Waals surface area contributed by atoms with Gasteiger partial charge in [-0.2, -0.15) is 5.10 Å². The third kappa shape index (κ3) is 3.60. The Morgan fingerprint density at radius 1 is 1.29 bits per heavy atom. The summed E-state index contributed by atoms with van der Waals surface area (Å²) in [6.45, 7) is 0. The molecule has 3 aliphatic carbocycles. The van der Waals surface area contributed by atoms with E-state index < -0.39 is 0 Å². The molecule has 2 unspecified atom stereocenters. The molecule has 1 amide bonds. The van der Waals surface area contributed by atoms with Crippen molar-refractivity contribution in [2.75, 3.05) is 0 Å². The zero-order chi connectivity index (χ0) is 14.5. The van der Waals surface area contributed by atoms with Crippen LogP contribution in [0.3, 0.4) is 0 Å². The Labute approximate surface area is 126 Å². The first-order valence-corrected chi connectivity index (χ1v) is 7.88. The molecule has 0 aromatic rings. The van der Waals surface area contributed by atoms with Gasteiger partial charge in [-0.1, -0.05) is 42.0 Å². The van der Waals surface area contributed by atoms with Crippen molar-refractivity contribution in [2.45, 2.75) is 38.5 Å². The second-order valence-electron chi connectivity index (χ2n) is 5.98. The maximum Gasteiger partial charge on any atom is 0.244 e. The van der Waals surface area contributed by atoms with Gasteiger partial charge in [-0.05, 0) is 43.6 Å². The molecule has 0 aromatic carbocycles. The zero-order valence-electron chi connectivity index (χ0n) is 12.3. The second kappa shape index (κ2) is 6.70. The van der Waals surface area contributed by atoms with Crippen molar-refractivity contribution >= 4 is 12.1 Å². The van der Waals surface area contributed by atoms with Crippen LogP contribution in [0.2, 0.25) is 0 Å². The minimum Gasteiger partial charge on any atom is -0.273 e. The predicted octanol–water partition coefficient (Wildman–Crippen LogP) is 3.67. The summed E-state index contributed by atoms with van der Waals surface area (Å²) < 4.78 is 0. The van der Waals surface area contributed by atoms with Crippen LogP contribution in [0.4, 0.5) is 0 Å². The standard InChI is InChI=1S/C18H22N2O/c21-18(12-14-6-2-1-3-7-14)20-19-13-16-11-10-15-8-4-5-9-17(15)16/h4-6,8-9,11,13,15,17H,1-3,7,10,12H2,(H,20,21)/b19-13+. The van der Waals surface area contributed by atoms with Gasteiger partial charge in [0.2, 0.25) is 5.91 Å². The molecule has 3 nitrogen and oxygen atoms in total. The highest BCUT2D eigenvalue weighted by molar-refractivity contribution is 5.84. The SMILES string of the molecule is O=C(CC1=CCCCC1)N/N=C/C1=CCC2C=CC=CC12. The molecule has 0 aromatic heterocycles. The maximum atomic E-state index is 11.9. The predicted molar refractivity (Wildman–Crippen MR) is 85.8 cm³/mol. The highest BCUT2D eigenvalue weighted by atomic mass is 16.2. The molecule has 2 atom stereocenters. The fraction of sp³-hybridized carbons (Fsp3) is 0.444. The van der Waals surface area contributed by atoms with Gasteiger partial charge in [0.25, 0.3) is 0 Å². The molecule has 0 aliphatic heterocycles. The van der Waals surface area contributed by atoms with Crippen molar-refractivity contribution in [3.8, 4) is 0 Å². The molecule has 1 N–H and O–H groups in total. The number of fused-ring (bicyclic) bond motifs is 1. The number of amides is 1. The van der Waals surface area contributed by atoms with E-state index in [9.17, 15) is 4.79 Å². The van der Waals surface area contributed by atoms with E-state index in [1.165, 1.54) is 24.0 Å². The number of carbonyl (C=O) groups is 1. The molecule has 3 aliphatic rings. The first-order valence-electron chi connectivity index (χ1n) is 7.88. The second-order valence-corrected chi connectivity index (χ2v) is 5.98. The van der Waals surface area contributed by atoms with E-state index in [1.807, 2.05) is 0 Å². The first kappa shape index (κ1) is 14.1. The smallest absolute Gasteiger partial charge is 0.244 e. The van der Waals surface area contributed by atoms with Crippen molar-refractivity contribution in [3.63, 3.8) is 0 Å². The summed E-state index contributed by atoms with van der Waals surface area (Å²) in [4.78, 5) is 11.9. The van der Waals surface area contributed by atoms with Gasteiger partial charge in [-0.3, -0.25) is 4.79 Å².